The van der Waals surface area contributed by atoms with Gasteiger partial charge >= 0.3 is 0 Å². The van der Waals surface area contributed by atoms with E-state index in [9.17, 15) is 0 Å². The lowest BCUT2D eigenvalue weighted by Gasteiger charge is -2.32. The molecule has 0 atom stereocenters. The molecule has 1 saturated heterocycles. The summed E-state index contributed by atoms with van der Waals surface area (Å²) < 4.78 is 2.03. The van der Waals surface area contributed by atoms with E-state index in [1.807, 2.05) is 4.68 Å². The van der Waals surface area contributed by atoms with E-state index < -0.39 is 0 Å². The standard InChI is InChI=1S/C15H29N5/c1-12(2)16-9-14-5-7-19(8-6-14)10-15-17-11-18-20(15)13(3)4/h11-14,16H,5-10H2,1-4H3. The smallest absolute Gasteiger partial charge is 0.141 e. The quantitative estimate of drug-likeness (QED) is 0.866. The predicted octanol–water partition coefficient (Wildman–Crippen LogP) is 2.07. The summed E-state index contributed by atoms with van der Waals surface area (Å²) in [6, 6.07) is 0.984. The van der Waals surface area contributed by atoms with Gasteiger partial charge in [-0.2, -0.15) is 5.10 Å². The fraction of sp³-hybridized carbons (Fsp3) is 0.867. The summed E-state index contributed by atoms with van der Waals surface area (Å²) in [5.74, 6) is 1.93. The Morgan fingerprint density at radius 1 is 1.25 bits per heavy atom. The van der Waals surface area contributed by atoms with Crippen molar-refractivity contribution in [2.45, 2.75) is 59.2 Å². The van der Waals surface area contributed by atoms with Crippen LogP contribution in [0.2, 0.25) is 0 Å². The third-order valence-corrected chi connectivity index (χ3v) is 4.02. The minimum absolute atomic E-state index is 0.389. The first-order chi connectivity index (χ1) is 9.56. The van der Waals surface area contributed by atoms with E-state index in [1.165, 1.54) is 25.9 Å². The minimum atomic E-state index is 0.389. The second kappa shape index (κ2) is 7.18. The molecule has 0 spiro atoms. The highest BCUT2D eigenvalue weighted by atomic mass is 15.4. The molecule has 114 valence electrons. The third kappa shape index (κ3) is 4.28. The van der Waals surface area contributed by atoms with Gasteiger partial charge in [-0.1, -0.05) is 13.8 Å². The summed E-state index contributed by atoms with van der Waals surface area (Å²) in [5.41, 5.74) is 0. The zero-order valence-corrected chi connectivity index (χ0v) is 13.3. The first-order valence-electron chi connectivity index (χ1n) is 7.90. The first-order valence-corrected chi connectivity index (χ1v) is 7.90. The van der Waals surface area contributed by atoms with Gasteiger partial charge < -0.3 is 5.32 Å². The van der Waals surface area contributed by atoms with Crippen LogP contribution in [0.15, 0.2) is 6.33 Å². The molecule has 1 aliphatic heterocycles. The minimum Gasteiger partial charge on any atom is -0.314 e. The molecule has 0 amide bonds. The van der Waals surface area contributed by atoms with Gasteiger partial charge in [-0.05, 0) is 52.2 Å². The van der Waals surface area contributed by atoms with Crippen LogP contribution in [0.5, 0.6) is 0 Å². The molecular weight excluding hydrogens is 250 g/mol. The molecule has 0 aromatic carbocycles. The number of hydrogen-bond acceptors (Lipinski definition) is 4. The maximum atomic E-state index is 4.41. The van der Waals surface area contributed by atoms with E-state index in [2.05, 4.69) is 48.0 Å². The normalized spacial score (nSPS) is 18.3. The Hall–Kier alpha value is -0.940. The molecule has 0 radical (unpaired) electrons. The van der Waals surface area contributed by atoms with E-state index in [0.29, 0.717) is 12.1 Å². The highest BCUT2D eigenvalue weighted by Crippen LogP contribution is 2.18. The number of rotatable bonds is 6. The average Bonchev–Trinajstić information content (AvgIpc) is 2.86. The van der Waals surface area contributed by atoms with Gasteiger partial charge in [0, 0.05) is 12.1 Å². The summed E-state index contributed by atoms with van der Waals surface area (Å²) in [4.78, 5) is 6.92. The summed E-state index contributed by atoms with van der Waals surface area (Å²) >= 11 is 0. The highest BCUT2D eigenvalue weighted by Gasteiger charge is 2.21. The molecule has 2 heterocycles. The van der Waals surface area contributed by atoms with Crippen LogP contribution in [0, 0.1) is 5.92 Å². The van der Waals surface area contributed by atoms with Gasteiger partial charge in [0.05, 0.1) is 6.54 Å². The SMILES string of the molecule is CC(C)NCC1CCN(Cc2ncnn2C(C)C)CC1. The zero-order valence-electron chi connectivity index (χ0n) is 13.3. The van der Waals surface area contributed by atoms with Crippen molar-refractivity contribution in [3.8, 4) is 0 Å². The van der Waals surface area contributed by atoms with Crippen molar-refractivity contribution >= 4 is 0 Å². The Balaban J connectivity index is 1.78. The van der Waals surface area contributed by atoms with E-state index in [4.69, 9.17) is 0 Å². The van der Waals surface area contributed by atoms with Crippen LogP contribution in [0.25, 0.3) is 0 Å². The second-order valence-electron chi connectivity index (χ2n) is 6.50. The van der Waals surface area contributed by atoms with E-state index in [1.54, 1.807) is 6.33 Å². The molecule has 1 aliphatic rings. The van der Waals surface area contributed by atoms with Gasteiger partial charge in [0.2, 0.25) is 0 Å². The van der Waals surface area contributed by atoms with Gasteiger partial charge in [-0.25, -0.2) is 9.67 Å². The Kier molecular flexibility index (Phi) is 5.54. The molecule has 5 heteroatoms. The van der Waals surface area contributed by atoms with Crippen LogP contribution in [0.3, 0.4) is 0 Å². The van der Waals surface area contributed by atoms with Gasteiger partial charge in [0.1, 0.15) is 12.2 Å². The maximum Gasteiger partial charge on any atom is 0.141 e. The summed E-state index contributed by atoms with van der Waals surface area (Å²) in [6.45, 7) is 13.2. The Morgan fingerprint density at radius 2 is 1.95 bits per heavy atom. The Bertz CT molecular complexity index is 391. The molecular formula is C15H29N5. The lowest BCUT2D eigenvalue weighted by Crippen LogP contribution is -2.38. The highest BCUT2D eigenvalue weighted by molar-refractivity contribution is 4.88. The molecule has 0 unspecified atom stereocenters. The van der Waals surface area contributed by atoms with Crippen LogP contribution in [0.1, 0.15) is 52.4 Å². The van der Waals surface area contributed by atoms with E-state index >= 15 is 0 Å². The van der Waals surface area contributed by atoms with Crippen LogP contribution in [-0.2, 0) is 6.54 Å². The molecule has 1 fully saturated rings. The molecule has 1 N–H and O–H groups in total. The van der Waals surface area contributed by atoms with Crippen LogP contribution in [-0.4, -0.2) is 45.3 Å². The van der Waals surface area contributed by atoms with Crippen molar-refractivity contribution in [3.63, 3.8) is 0 Å². The van der Waals surface area contributed by atoms with E-state index in [0.717, 1.165) is 24.8 Å². The second-order valence-corrected chi connectivity index (χ2v) is 6.50. The molecule has 0 bridgehead atoms. The van der Waals surface area contributed by atoms with Crippen molar-refractivity contribution < 1.29 is 0 Å². The molecule has 1 aromatic heterocycles. The Morgan fingerprint density at radius 3 is 2.55 bits per heavy atom. The first kappa shape index (κ1) is 15.4. The number of nitrogens with one attached hydrogen (secondary N) is 1. The van der Waals surface area contributed by atoms with Crippen molar-refractivity contribution in [2.75, 3.05) is 19.6 Å². The molecule has 20 heavy (non-hydrogen) atoms. The molecule has 5 nitrogen and oxygen atoms in total. The van der Waals surface area contributed by atoms with Gasteiger partial charge in [-0.3, -0.25) is 4.90 Å². The van der Waals surface area contributed by atoms with E-state index in [-0.39, 0.29) is 0 Å². The number of piperidine rings is 1. The number of aromatic nitrogens is 3. The van der Waals surface area contributed by atoms with Crippen LogP contribution in [0.4, 0.5) is 0 Å². The fourth-order valence-corrected chi connectivity index (χ4v) is 2.77. The summed E-state index contributed by atoms with van der Waals surface area (Å²) in [7, 11) is 0. The van der Waals surface area contributed by atoms with Crippen molar-refractivity contribution in [1.29, 1.82) is 0 Å². The fourth-order valence-electron chi connectivity index (χ4n) is 2.77. The largest absolute Gasteiger partial charge is 0.314 e. The summed E-state index contributed by atoms with van der Waals surface area (Å²) in [6.07, 6.45) is 4.25. The van der Waals surface area contributed by atoms with Crippen molar-refractivity contribution in [2.24, 2.45) is 5.92 Å². The zero-order chi connectivity index (χ0) is 14.5. The van der Waals surface area contributed by atoms with Gasteiger partial charge in [0.15, 0.2) is 0 Å². The molecule has 0 saturated carbocycles. The average molecular weight is 279 g/mol. The maximum absolute atomic E-state index is 4.41. The monoisotopic (exact) mass is 279 g/mol. The number of nitrogens with zero attached hydrogens (tertiary/aromatic N) is 4. The number of likely N-dealkylation sites (tertiary alicyclic amines) is 1. The van der Waals surface area contributed by atoms with Gasteiger partial charge in [0.25, 0.3) is 0 Å². The van der Waals surface area contributed by atoms with Crippen molar-refractivity contribution in [3.05, 3.63) is 12.2 Å². The molecule has 2 rings (SSSR count). The third-order valence-electron chi connectivity index (χ3n) is 4.02. The molecule has 0 aliphatic carbocycles. The topological polar surface area (TPSA) is 46.0 Å². The van der Waals surface area contributed by atoms with Crippen molar-refractivity contribution in [1.82, 2.24) is 25.0 Å². The summed E-state index contributed by atoms with van der Waals surface area (Å²) in [5, 5.41) is 7.87. The predicted molar refractivity (Wildman–Crippen MR) is 81.5 cm³/mol. The number of hydrogen-bond donors (Lipinski definition) is 1. The molecule has 1 aromatic rings. The van der Waals surface area contributed by atoms with Crippen LogP contribution < -0.4 is 5.32 Å². The lowest BCUT2D eigenvalue weighted by atomic mass is 9.96. The van der Waals surface area contributed by atoms with Crippen LogP contribution >= 0.6 is 0 Å². The van der Waals surface area contributed by atoms with Gasteiger partial charge in [-0.15, -0.1) is 0 Å². The Labute approximate surface area is 122 Å². The lowest BCUT2D eigenvalue weighted by molar-refractivity contribution is 0.167.